The van der Waals surface area contributed by atoms with Gasteiger partial charge in [0.15, 0.2) is 5.82 Å². The third kappa shape index (κ3) is 2.95. The number of hydrogen-bond acceptors (Lipinski definition) is 8. The summed E-state index contributed by atoms with van der Waals surface area (Å²) in [6.07, 6.45) is 2.86. The van der Waals surface area contributed by atoms with Crippen LogP contribution in [0.15, 0.2) is 28.9 Å². The average Bonchev–Trinajstić information content (AvgIpc) is 2.77. The molecule has 9 heteroatoms. The molecule has 3 heterocycles. The Hall–Kier alpha value is -2.00. The summed E-state index contributed by atoms with van der Waals surface area (Å²) in [5, 5.41) is 11.1. The fourth-order valence-electron chi connectivity index (χ4n) is 2.34. The number of carbonyl (C=O) groups excluding carboxylic acids is 2. The number of rotatable bonds is 1. The first-order chi connectivity index (χ1) is 10.6. The number of ether oxygens (including phenoxy) is 2. The van der Waals surface area contributed by atoms with E-state index in [-0.39, 0.29) is 6.54 Å². The van der Waals surface area contributed by atoms with Crippen LogP contribution in [-0.4, -0.2) is 47.7 Å². The van der Waals surface area contributed by atoms with Gasteiger partial charge >= 0.3 is 17.8 Å². The molecule has 0 bridgehead atoms. The highest BCUT2D eigenvalue weighted by atomic mass is 79.9. The van der Waals surface area contributed by atoms with E-state index in [1.54, 1.807) is 17.0 Å². The van der Waals surface area contributed by atoms with E-state index in [9.17, 15) is 9.59 Å². The van der Waals surface area contributed by atoms with Crippen molar-refractivity contribution in [2.24, 2.45) is 0 Å². The predicted molar refractivity (Wildman–Crippen MR) is 78.6 cm³/mol. The van der Waals surface area contributed by atoms with Crippen LogP contribution in [0.5, 0.6) is 0 Å². The predicted octanol–water partition coefficient (Wildman–Crippen LogP) is 0.349. The number of nitrogens with zero attached hydrogens (tertiary/aromatic N) is 3. The van der Waals surface area contributed by atoms with Crippen LogP contribution in [0.2, 0.25) is 0 Å². The van der Waals surface area contributed by atoms with Crippen molar-refractivity contribution in [2.75, 3.05) is 24.5 Å². The number of anilines is 1. The second-order valence-corrected chi connectivity index (χ2v) is 5.60. The van der Waals surface area contributed by atoms with E-state index in [4.69, 9.17) is 9.47 Å². The molecule has 2 aliphatic heterocycles. The highest BCUT2D eigenvalue weighted by Crippen LogP contribution is 2.28. The lowest BCUT2D eigenvalue weighted by Gasteiger charge is -2.39. The maximum atomic E-state index is 11.8. The molecule has 0 unspecified atom stereocenters. The maximum Gasteiger partial charge on any atom is 0.357 e. The summed E-state index contributed by atoms with van der Waals surface area (Å²) >= 11 is 3.22. The van der Waals surface area contributed by atoms with Crippen molar-refractivity contribution < 1.29 is 19.1 Å². The summed E-state index contributed by atoms with van der Waals surface area (Å²) in [6.45, 7) is 1.33. The summed E-state index contributed by atoms with van der Waals surface area (Å²) < 4.78 is 11.4. The summed E-state index contributed by atoms with van der Waals surface area (Å²) in [4.78, 5) is 25.2. The molecule has 1 N–H and O–H groups in total. The summed E-state index contributed by atoms with van der Waals surface area (Å²) in [5.74, 6) is -2.42. The molecule has 0 aromatic carbocycles. The van der Waals surface area contributed by atoms with Gasteiger partial charge in [-0.1, -0.05) is 0 Å². The Morgan fingerprint density at radius 2 is 1.91 bits per heavy atom. The van der Waals surface area contributed by atoms with Crippen LogP contribution in [0.1, 0.15) is 6.42 Å². The van der Waals surface area contributed by atoms with E-state index in [1.165, 1.54) is 0 Å². The standard InChI is InChI=1S/C13H13BrN4O4/c14-9-2-3-10(17-16-9)18-7-1-6-15-8-13(18)21-11(19)4-5-12(20)22-13/h2-5,15H,1,6-8H2. The lowest BCUT2D eigenvalue weighted by molar-refractivity contribution is -0.217. The van der Waals surface area contributed by atoms with Gasteiger partial charge in [-0.2, -0.15) is 0 Å². The molecule has 0 amide bonds. The first kappa shape index (κ1) is 14.9. The quantitative estimate of drug-likeness (QED) is 0.709. The van der Waals surface area contributed by atoms with Crippen molar-refractivity contribution in [1.82, 2.24) is 15.5 Å². The number of hydrogen-bond donors (Lipinski definition) is 1. The highest BCUT2D eigenvalue weighted by Gasteiger charge is 2.47. The normalized spacial score (nSPS) is 21.0. The summed E-state index contributed by atoms with van der Waals surface area (Å²) in [7, 11) is 0. The molecule has 0 atom stereocenters. The van der Waals surface area contributed by atoms with Crippen LogP contribution in [0.4, 0.5) is 5.82 Å². The van der Waals surface area contributed by atoms with E-state index in [0.717, 1.165) is 18.6 Å². The van der Waals surface area contributed by atoms with E-state index in [2.05, 4.69) is 31.4 Å². The molecule has 2 aliphatic rings. The van der Waals surface area contributed by atoms with Crippen molar-refractivity contribution in [3.8, 4) is 0 Å². The first-order valence-electron chi connectivity index (χ1n) is 6.71. The molecular formula is C13H13BrN4O4. The Morgan fingerprint density at radius 1 is 1.18 bits per heavy atom. The zero-order valence-corrected chi connectivity index (χ0v) is 13.1. The second-order valence-electron chi connectivity index (χ2n) is 4.78. The van der Waals surface area contributed by atoms with E-state index < -0.39 is 17.8 Å². The van der Waals surface area contributed by atoms with E-state index in [0.29, 0.717) is 23.5 Å². The molecule has 1 aromatic rings. The van der Waals surface area contributed by atoms with Gasteiger partial charge in [-0.05, 0) is 41.0 Å². The van der Waals surface area contributed by atoms with Gasteiger partial charge in [-0.15, -0.1) is 10.2 Å². The number of carbonyl (C=O) groups is 2. The minimum Gasteiger partial charge on any atom is -0.399 e. The molecular weight excluding hydrogens is 356 g/mol. The molecule has 1 saturated heterocycles. The zero-order chi connectivity index (χ0) is 15.6. The van der Waals surface area contributed by atoms with Crippen LogP contribution in [-0.2, 0) is 19.1 Å². The molecule has 0 radical (unpaired) electrons. The number of halogens is 1. The van der Waals surface area contributed by atoms with Crippen molar-refractivity contribution in [2.45, 2.75) is 12.3 Å². The van der Waals surface area contributed by atoms with Crippen LogP contribution in [0.3, 0.4) is 0 Å². The van der Waals surface area contributed by atoms with Crippen LogP contribution in [0.25, 0.3) is 0 Å². The van der Waals surface area contributed by atoms with Gasteiger partial charge in [0, 0.05) is 18.7 Å². The highest BCUT2D eigenvalue weighted by molar-refractivity contribution is 9.10. The van der Waals surface area contributed by atoms with Gasteiger partial charge in [0.25, 0.3) is 0 Å². The molecule has 1 aromatic heterocycles. The Kier molecular flexibility index (Phi) is 4.08. The molecule has 0 saturated carbocycles. The Balaban J connectivity index is 2.01. The van der Waals surface area contributed by atoms with Gasteiger partial charge in [0.1, 0.15) is 4.60 Å². The fraction of sp³-hybridized carbons (Fsp3) is 0.385. The molecule has 8 nitrogen and oxygen atoms in total. The fourth-order valence-corrected chi connectivity index (χ4v) is 2.55. The monoisotopic (exact) mass is 368 g/mol. The van der Waals surface area contributed by atoms with Crippen LogP contribution < -0.4 is 10.2 Å². The smallest absolute Gasteiger partial charge is 0.357 e. The molecule has 1 fully saturated rings. The van der Waals surface area contributed by atoms with Crippen molar-refractivity contribution >= 4 is 33.7 Å². The van der Waals surface area contributed by atoms with Gasteiger partial charge in [0.2, 0.25) is 0 Å². The lowest BCUT2D eigenvalue weighted by atomic mass is 10.3. The van der Waals surface area contributed by atoms with Crippen molar-refractivity contribution in [3.05, 3.63) is 28.9 Å². The topological polar surface area (TPSA) is 93.7 Å². The van der Waals surface area contributed by atoms with Crippen molar-refractivity contribution in [1.29, 1.82) is 0 Å². The van der Waals surface area contributed by atoms with Crippen LogP contribution in [0, 0.1) is 0 Å². The molecule has 3 rings (SSSR count). The Bertz CT molecular complexity index is 599. The number of esters is 2. The first-order valence-corrected chi connectivity index (χ1v) is 7.50. The molecule has 116 valence electrons. The summed E-state index contributed by atoms with van der Waals surface area (Å²) in [5.41, 5.74) is 0. The lowest BCUT2D eigenvalue weighted by Crippen LogP contribution is -2.59. The van der Waals surface area contributed by atoms with Crippen molar-refractivity contribution in [3.63, 3.8) is 0 Å². The van der Waals surface area contributed by atoms with E-state index >= 15 is 0 Å². The SMILES string of the molecule is O=C1C=CC(=O)OC2(CNCCCN2c2ccc(Br)nn2)O1. The Morgan fingerprint density at radius 3 is 2.55 bits per heavy atom. The van der Waals surface area contributed by atoms with Gasteiger partial charge in [-0.25, -0.2) is 9.59 Å². The third-order valence-electron chi connectivity index (χ3n) is 3.27. The molecule has 0 aliphatic carbocycles. The third-order valence-corrected chi connectivity index (χ3v) is 3.69. The van der Waals surface area contributed by atoms with E-state index in [1.807, 2.05) is 0 Å². The minimum absolute atomic E-state index is 0.143. The second kappa shape index (κ2) is 6.01. The maximum absolute atomic E-state index is 11.8. The van der Waals surface area contributed by atoms with Gasteiger partial charge < -0.3 is 14.8 Å². The zero-order valence-electron chi connectivity index (χ0n) is 11.5. The average molecular weight is 369 g/mol. The molecule has 22 heavy (non-hydrogen) atoms. The van der Waals surface area contributed by atoms with Crippen LogP contribution >= 0.6 is 15.9 Å². The van der Waals surface area contributed by atoms with Gasteiger partial charge in [0.05, 0.1) is 6.54 Å². The number of nitrogens with one attached hydrogen (secondary N) is 1. The summed E-state index contributed by atoms with van der Waals surface area (Å²) in [6, 6.07) is 3.43. The minimum atomic E-state index is -1.57. The van der Waals surface area contributed by atoms with Gasteiger partial charge in [-0.3, -0.25) is 4.90 Å². The molecule has 1 spiro atoms. The Labute approximate surface area is 134 Å². The largest absolute Gasteiger partial charge is 0.399 e. The number of aromatic nitrogens is 2.